The van der Waals surface area contributed by atoms with Gasteiger partial charge in [0.25, 0.3) is 0 Å². The molecule has 2 aromatic carbocycles. The van der Waals surface area contributed by atoms with Crippen molar-refractivity contribution in [2.45, 2.75) is 11.5 Å². The van der Waals surface area contributed by atoms with Gasteiger partial charge in [0.05, 0.1) is 37.1 Å². The fraction of sp³-hybridized carbons (Fsp3) is 0.300. The van der Waals surface area contributed by atoms with E-state index in [2.05, 4.69) is 10.6 Å². The molecule has 0 aliphatic rings. The van der Waals surface area contributed by atoms with Crippen molar-refractivity contribution in [3.8, 4) is 11.5 Å². The zero-order valence-corrected chi connectivity index (χ0v) is 20.9. The van der Waals surface area contributed by atoms with Crippen LogP contribution in [-0.2, 0) is 30.9 Å². The summed E-state index contributed by atoms with van der Waals surface area (Å²) < 4.78 is 35.8. The number of carbonyl (C=O) groups is 2. The molecule has 0 unspecified atom stereocenters. The van der Waals surface area contributed by atoms with Crippen LogP contribution in [0.25, 0.3) is 0 Å². The normalized spacial score (nSPS) is 10.6. The Bertz CT molecular complexity index is 989. The Morgan fingerprint density at radius 2 is 1.22 bits per heavy atom. The van der Waals surface area contributed by atoms with E-state index in [9.17, 15) is 18.0 Å². The first-order valence-corrected chi connectivity index (χ1v) is 10.9. The molecular weight excluding hydrogens is 451 g/mol. The van der Waals surface area contributed by atoms with Gasteiger partial charge in [0, 0.05) is 0 Å². The fourth-order valence-electron chi connectivity index (χ4n) is 2.87. The molecule has 4 N–H and O–H groups in total. The number of hydrogen-bond acceptors (Lipinski definition) is 8. The number of sulfone groups is 1. The number of carboxylic acids is 2. The SMILES string of the molecule is COc1ccc(CS(=O)(=O)Cc2ccc(OC)c(NCC(=O)O)c2)cc1NCC(=O)O.[H-].[Na+]. The van der Waals surface area contributed by atoms with E-state index >= 15 is 0 Å². The summed E-state index contributed by atoms with van der Waals surface area (Å²) in [5, 5.41) is 23.1. The number of aliphatic carboxylic acids is 2. The van der Waals surface area contributed by atoms with E-state index in [0.29, 0.717) is 34.0 Å². The van der Waals surface area contributed by atoms with Gasteiger partial charge in [0.1, 0.15) is 24.6 Å². The Hall–Kier alpha value is -2.47. The Labute approximate surface area is 209 Å². The van der Waals surface area contributed by atoms with E-state index in [1.165, 1.54) is 26.4 Å². The molecule has 0 fully saturated rings. The molecule has 32 heavy (non-hydrogen) atoms. The first-order chi connectivity index (χ1) is 14.6. The van der Waals surface area contributed by atoms with Crippen molar-refractivity contribution in [3.63, 3.8) is 0 Å². The van der Waals surface area contributed by atoms with Crippen molar-refractivity contribution in [1.29, 1.82) is 0 Å². The van der Waals surface area contributed by atoms with Gasteiger partial charge in [-0.1, -0.05) is 12.1 Å². The van der Waals surface area contributed by atoms with E-state index < -0.39 is 21.8 Å². The van der Waals surface area contributed by atoms with Crippen molar-refractivity contribution in [2.75, 3.05) is 37.9 Å². The van der Waals surface area contributed by atoms with E-state index in [-0.39, 0.29) is 55.6 Å². The van der Waals surface area contributed by atoms with Crippen LogP contribution < -0.4 is 49.7 Å². The van der Waals surface area contributed by atoms with Crippen LogP contribution in [0, 0.1) is 0 Å². The van der Waals surface area contributed by atoms with Crippen LogP contribution in [0.2, 0.25) is 0 Å². The molecule has 0 saturated carbocycles. The van der Waals surface area contributed by atoms with Crippen LogP contribution in [0.5, 0.6) is 11.5 Å². The van der Waals surface area contributed by atoms with Crippen LogP contribution >= 0.6 is 0 Å². The van der Waals surface area contributed by atoms with Crippen molar-refractivity contribution in [2.24, 2.45) is 0 Å². The average Bonchev–Trinajstić information content (AvgIpc) is 2.70. The van der Waals surface area contributed by atoms with Crippen LogP contribution in [0.4, 0.5) is 11.4 Å². The van der Waals surface area contributed by atoms with Crippen molar-refractivity contribution >= 4 is 33.2 Å². The zero-order valence-electron chi connectivity index (χ0n) is 19.0. The van der Waals surface area contributed by atoms with E-state index in [4.69, 9.17) is 19.7 Å². The van der Waals surface area contributed by atoms with Crippen molar-refractivity contribution in [1.82, 2.24) is 0 Å². The molecule has 0 aliphatic carbocycles. The minimum atomic E-state index is -3.59. The van der Waals surface area contributed by atoms with Crippen LogP contribution in [-0.4, -0.2) is 57.9 Å². The van der Waals surface area contributed by atoms with E-state index in [0.717, 1.165) is 0 Å². The van der Waals surface area contributed by atoms with Gasteiger partial charge in [-0.15, -0.1) is 0 Å². The molecule has 0 bridgehead atoms. The van der Waals surface area contributed by atoms with Crippen LogP contribution in [0.1, 0.15) is 12.6 Å². The first kappa shape index (κ1) is 27.6. The summed E-state index contributed by atoms with van der Waals surface area (Å²) in [5.41, 5.74) is 1.68. The molecule has 0 aromatic heterocycles. The summed E-state index contributed by atoms with van der Waals surface area (Å²) >= 11 is 0. The largest absolute Gasteiger partial charge is 1.00 e. The summed E-state index contributed by atoms with van der Waals surface area (Å²) in [6, 6.07) is 9.39. The van der Waals surface area contributed by atoms with E-state index in [1.807, 2.05) is 0 Å². The Morgan fingerprint density at radius 3 is 1.53 bits per heavy atom. The van der Waals surface area contributed by atoms with Gasteiger partial charge in [0.15, 0.2) is 9.84 Å². The van der Waals surface area contributed by atoms with Crippen LogP contribution in [0.15, 0.2) is 36.4 Å². The predicted molar refractivity (Wildman–Crippen MR) is 116 cm³/mol. The Kier molecular flexibility index (Phi) is 10.8. The number of rotatable bonds is 12. The molecule has 0 saturated heterocycles. The number of carboxylic acid groups (broad SMARTS) is 2. The molecule has 170 valence electrons. The molecule has 0 heterocycles. The molecule has 10 nitrogen and oxygen atoms in total. The number of anilines is 2. The van der Waals surface area contributed by atoms with Gasteiger partial charge in [-0.3, -0.25) is 9.59 Å². The van der Waals surface area contributed by atoms with Gasteiger partial charge in [-0.05, 0) is 35.4 Å². The molecule has 2 aromatic rings. The smallest absolute Gasteiger partial charge is 1.00 e. The zero-order chi connectivity index (χ0) is 23.0. The predicted octanol–water partition coefficient (Wildman–Crippen LogP) is -1.07. The maximum absolute atomic E-state index is 12.7. The summed E-state index contributed by atoms with van der Waals surface area (Å²) in [7, 11) is -0.737. The second-order valence-electron chi connectivity index (χ2n) is 6.60. The second kappa shape index (κ2) is 12.5. The summed E-state index contributed by atoms with van der Waals surface area (Å²) in [5.74, 6) is -1.89. The third kappa shape index (κ3) is 8.58. The molecule has 2 rings (SSSR count). The van der Waals surface area contributed by atoms with Crippen molar-refractivity contribution in [3.05, 3.63) is 47.5 Å². The second-order valence-corrected chi connectivity index (χ2v) is 8.66. The number of benzene rings is 2. The maximum Gasteiger partial charge on any atom is 1.00 e. The van der Waals surface area contributed by atoms with Gasteiger partial charge < -0.3 is 31.7 Å². The van der Waals surface area contributed by atoms with Crippen molar-refractivity contribution < 1.29 is 68.7 Å². The standard InChI is InChI=1S/C20H24N2O8S.Na.H/c1-29-17-5-3-13(7-15(17)21-9-19(23)24)11-31(27,28)12-14-4-6-18(30-2)16(8-14)22-10-20(25)26;;/h3-8,21-22H,9-12H2,1-2H3,(H,23,24)(H,25,26);;/q;+1;-1. The summed E-state index contributed by atoms with van der Waals surface area (Å²) in [6.45, 7) is -0.685. The molecule has 0 radical (unpaired) electrons. The molecule has 12 heteroatoms. The maximum atomic E-state index is 12.7. The average molecular weight is 476 g/mol. The number of methoxy groups -OCH3 is 2. The van der Waals surface area contributed by atoms with Gasteiger partial charge in [-0.2, -0.15) is 0 Å². The first-order valence-electron chi connectivity index (χ1n) is 9.09. The molecule has 0 spiro atoms. The number of nitrogens with one attached hydrogen (secondary N) is 2. The Balaban J connectivity index is 0.00000512. The quantitative estimate of drug-likeness (QED) is 0.279. The van der Waals surface area contributed by atoms with Gasteiger partial charge in [0.2, 0.25) is 0 Å². The topological polar surface area (TPSA) is 151 Å². The molecule has 0 atom stereocenters. The van der Waals surface area contributed by atoms with Crippen LogP contribution in [0.3, 0.4) is 0 Å². The monoisotopic (exact) mass is 476 g/mol. The third-order valence-electron chi connectivity index (χ3n) is 4.16. The number of hydrogen-bond donors (Lipinski definition) is 4. The van der Waals surface area contributed by atoms with E-state index in [1.54, 1.807) is 24.3 Å². The summed E-state index contributed by atoms with van der Waals surface area (Å²) in [6.07, 6.45) is 0. The Morgan fingerprint density at radius 1 is 0.844 bits per heavy atom. The minimum absolute atomic E-state index is 0. The molecule has 0 aliphatic heterocycles. The van der Waals surface area contributed by atoms with Gasteiger partial charge >= 0.3 is 41.5 Å². The number of ether oxygens (including phenoxy) is 2. The minimum Gasteiger partial charge on any atom is -1.00 e. The fourth-order valence-corrected chi connectivity index (χ4v) is 4.34. The molecular formula is C20H25N2NaO8S. The molecule has 0 amide bonds. The summed E-state index contributed by atoms with van der Waals surface area (Å²) in [4.78, 5) is 21.6. The van der Waals surface area contributed by atoms with Gasteiger partial charge in [-0.25, -0.2) is 8.42 Å². The third-order valence-corrected chi connectivity index (χ3v) is 5.71.